The number of hydrogen-bond donors (Lipinski definition) is 1. The Morgan fingerprint density at radius 3 is 2.67 bits per heavy atom. The normalized spacial score (nSPS) is 31.9. The molecular formula is C12H16N2O4. The first kappa shape index (κ1) is 12.8. The molecule has 0 radical (unpaired) electrons. The number of nitriles is 1. The highest BCUT2D eigenvalue weighted by molar-refractivity contribution is 5.81. The largest absolute Gasteiger partial charge is 0.481 e. The Morgan fingerprint density at radius 1 is 1.33 bits per heavy atom. The smallest absolute Gasteiger partial charge is 0.306 e. The molecule has 1 aliphatic heterocycles. The molecular weight excluding hydrogens is 236 g/mol. The predicted molar refractivity (Wildman–Crippen MR) is 60.4 cm³/mol. The van der Waals surface area contributed by atoms with Gasteiger partial charge < -0.3 is 14.7 Å². The molecule has 1 N–H and O–H groups in total. The number of hydrogen-bond acceptors (Lipinski definition) is 4. The molecule has 2 fully saturated rings. The van der Waals surface area contributed by atoms with Gasteiger partial charge in [-0.25, -0.2) is 0 Å². The fourth-order valence-corrected chi connectivity index (χ4v) is 2.62. The molecule has 1 amide bonds. The Morgan fingerprint density at radius 2 is 2.06 bits per heavy atom. The summed E-state index contributed by atoms with van der Waals surface area (Å²) < 4.78 is 5.18. The van der Waals surface area contributed by atoms with Gasteiger partial charge in [0.25, 0.3) is 0 Å². The number of ether oxygens (including phenoxy) is 1. The van der Waals surface area contributed by atoms with Gasteiger partial charge in [0.15, 0.2) is 6.10 Å². The van der Waals surface area contributed by atoms with Crippen molar-refractivity contribution in [3.8, 4) is 6.07 Å². The van der Waals surface area contributed by atoms with Gasteiger partial charge in [-0.1, -0.05) is 0 Å². The molecule has 0 aromatic heterocycles. The molecule has 1 unspecified atom stereocenters. The van der Waals surface area contributed by atoms with Crippen LogP contribution < -0.4 is 0 Å². The maximum Gasteiger partial charge on any atom is 0.306 e. The van der Waals surface area contributed by atoms with Crippen molar-refractivity contribution in [2.75, 3.05) is 19.7 Å². The molecule has 3 atom stereocenters. The van der Waals surface area contributed by atoms with E-state index in [9.17, 15) is 9.59 Å². The van der Waals surface area contributed by atoms with Crippen LogP contribution in [0.5, 0.6) is 0 Å². The first-order chi connectivity index (χ1) is 8.61. The number of aliphatic carboxylic acids is 1. The van der Waals surface area contributed by atoms with Gasteiger partial charge in [0, 0.05) is 12.5 Å². The highest BCUT2D eigenvalue weighted by Gasteiger charge is 2.37. The van der Waals surface area contributed by atoms with Gasteiger partial charge in [0.1, 0.15) is 0 Å². The van der Waals surface area contributed by atoms with E-state index in [1.807, 2.05) is 6.07 Å². The summed E-state index contributed by atoms with van der Waals surface area (Å²) in [6, 6.07) is 2.00. The lowest BCUT2D eigenvalue weighted by Gasteiger charge is -2.31. The third kappa shape index (κ3) is 2.62. The lowest BCUT2D eigenvalue weighted by molar-refractivity contribution is -0.143. The lowest BCUT2D eigenvalue weighted by atomic mass is 10.0. The molecule has 1 saturated carbocycles. The summed E-state index contributed by atoms with van der Waals surface area (Å²) in [5.74, 6) is -1.44. The maximum absolute atomic E-state index is 12.2. The highest BCUT2D eigenvalue weighted by Crippen LogP contribution is 2.32. The first-order valence-electron chi connectivity index (χ1n) is 6.14. The van der Waals surface area contributed by atoms with Crippen LogP contribution in [0.2, 0.25) is 0 Å². The number of morpholine rings is 1. The molecule has 0 spiro atoms. The first-order valence-corrected chi connectivity index (χ1v) is 6.14. The van der Waals surface area contributed by atoms with Crippen molar-refractivity contribution in [1.29, 1.82) is 5.26 Å². The molecule has 0 bridgehead atoms. The van der Waals surface area contributed by atoms with Crippen molar-refractivity contribution in [1.82, 2.24) is 4.90 Å². The Labute approximate surface area is 105 Å². The van der Waals surface area contributed by atoms with Crippen LogP contribution in [-0.4, -0.2) is 47.7 Å². The van der Waals surface area contributed by atoms with E-state index in [2.05, 4.69) is 0 Å². The zero-order valence-electron chi connectivity index (χ0n) is 10.0. The summed E-state index contributed by atoms with van der Waals surface area (Å²) in [5.41, 5.74) is 0. The average Bonchev–Trinajstić information content (AvgIpc) is 2.87. The monoisotopic (exact) mass is 252 g/mol. The fourth-order valence-electron chi connectivity index (χ4n) is 2.62. The predicted octanol–water partition coefficient (Wildman–Crippen LogP) is 0.238. The van der Waals surface area contributed by atoms with Crippen molar-refractivity contribution in [3.05, 3.63) is 0 Å². The zero-order valence-corrected chi connectivity index (χ0v) is 10.0. The van der Waals surface area contributed by atoms with Gasteiger partial charge >= 0.3 is 5.97 Å². The molecule has 18 heavy (non-hydrogen) atoms. The maximum atomic E-state index is 12.2. The number of carboxylic acids is 1. The molecule has 98 valence electrons. The van der Waals surface area contributed by atoms with Crippen molar-refractivity contribution in [2.24, 2.45) is 11.8 Å². The molecule has 2 rings (SSSR count). The van der Waals surface area contributed by atoms with Crippen molar-refractivity contribution in [2.45, 2.75) is 25.4 Å². The minimum absolute atomic E-state index is 0.0256. The summed E-state index contributed by atoms with van der Waals surface area (Å²) in [7, 11) is 0. The van der Waals surface area contributed by atoms with Crippen LogP contribution in [0.1, 0.15) is 19.3 Å². The van der Waals surface area contributed by atoms with Crippen LogP contribution in [-0.2, 0) is 14.3 Å². The third-order valence-corrected chi connectivity index (χ3v) is 3.65. The van der Waals surface area contributed by atoms with E-state index in [1.165, 1.54) is 0 Å². The molecule has 2 aliphatic rings. The van der Waals surface area contributed by atoms with E-state index >= 15 is 0 Å². The molecule has 6 nitrogen and oxygen atoms in total. The lowest BCUT2D eigenvalue weighted by Crippen LogP contribution is -2.47. The van der Waals surface area contributed by atoms with Gasteiger partial charge in [-0.3, -0.25) is 9.59 Å². The second kappa shape index (κ2) is 5.36. The van der Waals surface area contributed by atoms with Crippen LogP contribution in [0.4, 0.5) is 0 Å². The van der Waals surface area contributed by atoms with E-state index < -0.39 is 18.0 Å². The van der Waals surface area contributed by atoms with E-state index in [0.29, 0.717) is 39.0 Å². The molecule has 6 heteroatoms. The number of carbonyl (C=O) groups excluding carboxylic acids is 1. The van der Waals surface area contributed by atoms with Crippen molar-refractivity contribution in [3.63, 3.8) is 0 Å². The minimum Gasteiger partial charge on any atom is -0.481 e. The molecule has 0 aromatic carbocycles. The van der Waals surface area contributed by atoms with Gasteiger partial charge in [-0.05, 0) is 19.3 Å². The number of carboxylic acid groups (broad SMARTS) is 1. The number of carbonyl (C=O) groups is 2. The van der Waals surface area contributed by atoms with E-state index in [0.717, 1.165) is 0 Å². The summed E-state index contributed by atoms with van der Waals surface area (Å²) in [4.78, 5) is 24.7. The Bertz CT molecular complexity index is 390. The molecule has 1 aliphatic carbocycles. The zero-order chi connectivity index (χ0) is 13.1. The van der Waals surface area contributed by atoms with Crippen LogP contribution >= 0.6 is 0 Å². The standard InChI is InChI=1S/C12H16N2O4/c13-6-10-7-14(3-4-18-10)11(15)8-1-2-9(5-8)12(16)17/h8-10H,1-5,7H2,(H,16,17)/t8-,9+,10?/m1/s1. The van der Waals surface area contributed by atoms with E-state index in [1.54, 1.807) is 4.90 Å². The van der Waals surface area contributed by atoms with Crippen LogP contribution in [0.25, 0.3) is 0 Å². The highest BCUT2D eigenvalue weighted by atomic mass is 16.5. The Hall–Kier alpha value is -1.61. The van der Waals surface area contributed by atoms with Gasteiger partial charge in [0.2, 0.25) is 5.91 Å². The summed E-state index contributed by atoms with van der Waals surface area (Å²) in [5, 5.41) is 17.7. The third-order valence-electron chi connectivity index (χ3n) is 3.65. The van der Waals surface area contributed by atoms with Crippen LogP contribution in [0.15, 0.2) is 0 Å². The summed E-state index contributed by atoms with van der Waals surface area (Å²) in [6.07, 6.45) is 1.06. The van der Waals surface area contributed by atoms with Crippen molar-refractivity contribution < 1.29 is 19.4 Å². The quantitative estimate of drug-likeness (QED) is 0.760. The number of amides is 1. The van der Waals surface area contributed by atoms with Gasteiger partial charge in [-0.2, -0.15) is 5.26 Å². The second-order valence-corrected chi connectivity index (χ2v) is 4.82. The Kier molecular flexibility index (Phi) is 3.82. The SMILES string of the molecule is N#CC1CN(C(=O)[C@@H]2CC[C@H](C(=O)O)C2)CCO1. The number of rotatable bonds is 2. The number of nitrogens with zero attached hydrogens (tertiary/aromatic N) is 2. The van der Waals surface area contributed by atoms with Crippen LogP contribution in [0.3, 0.4) is 0 Å². The average molecular weight is 252 g/mol. The van der Waals surface area contributed by atoms with E-state index in [4.69, 9.17) is 15.1 Å². The summed E-state index contributed by atoms with van der Waals surface area (Å²) >= 11 is 0. The summed E-state index contributed by atoms with van der Waals surface area (Å²) in [6.45, 7) is 1.16. The fraction of sp³-hybridized carbons (Fsp3) is 0.750. The van der Waals surface area contributed by atoms with Crippen molar-refractivity contribution >= 4 is 11.9 Å². The minimum atomic E-state index is -0.817. The molecule has 1 saturated heterocycles. The van der Waals surface area contributed by atoms with Gasteiger partial charge in [0.05, 0.1) is 25.1 Å². The van der Waals surface area contributed by atoms with E-state index in [-0.39, 0.29) is 11.8 Å². The second-order valence-electron chi connectivity index (χ2n) is 4.82. The topological polar surface area (TPSA) is 90.6 Å². The van der Waals surface area contributed by atoms with Gasteiger partial charge in [-0.15, -0.1) is 0 Å². The van der Waals surface area contributed by atoms with Crippen LogP contribution in [0, 0.1) is 23.2 Å². The molecule has 0 aromatic rings. The Balaban J connectivity index is 1.92. The molecule has 1 heterocycles.